The van der Waals surface area contributed by atoms with Crippen LogP contribution in [0.15, 0.2) is 60.7 Å². The van der Waals surface area contributed by atoms with E-state index in [9.17, 15) is 9.59 Å². The highest BCUT2D eigenvalue weighted by Gasteiger charge is 2.19. The molecule has 172 valence electrons. The zero-order valence-corrected chi connectivity index (χ0v) is 18.7. The average Bonchev–Trinajstić information content (AvgIpc) is 2.81. The molecule has 33 heavy (non-hydrogen) atoms. The Morgan fingerprint density at radius 2 is 1.76 bits per heavy atom. The van der Waals surface area contributed by atoms with Gasteiger partial charge in [-0.3, -0.25) is 9.59 Å². The van der Waals surface area contributed by atoms with Gasteiger partial charge in [-0.05, 0) is 44.0 Å². The summed E-state index contributed by atoms with van der Waals surface area (Å²) in [5.41, 5.74) is 0.610. The third kappa shape index (κ3) is 5.81. The van der Waals surface area contributed by atoms with Crippen molar-refractivity contribution >= 4 is 28.3 Å². The number of hydrogen-bond donors (Lipinski definition) is 1. The largest absolute Gasteiger partial charge is 0.480 e. The van der Waals surface area contributed by atoms with Gasteiger partial charge in [0.15, 0.2) is 12.4 Å². The fraction of sp³-hybridized carbons (Fsp3) is 0.308. The molecule has 1 aliphatic rings. The van der Waals surface area contributed by atoms with Crippen LogP contribution in [0.2, 0.25) is 0 Å². The summed E-state index contributed by atoms with van der Waals surface area (Å²) in [6.07, 6.45) is 1.96. The van der Waals surface area contributed by atoms with E-state index in [1.807, 2.05) is 36.4 Å². The van der Waals surface area contributed by atoms with Gasteiger partial charge in [0.2, 0.25) is 0 Å². The number of fused-ring (bicyclic) bond motifs is 1. The smallest absolute Gasteiger partial charge is 0.308 e. The van der Waals surface area contributed by atoms with Crippen LogP contribution in [-0.4, -0.2) is 30.9 Å². The monoisotopic (exact) mass is 449 g/mol. The molecular weight excluding hydrogens is 422 g/mol. The number of rotatable bonds is 7. The lowest BCUT2D eigenvalue weighted by molar-refractivity contribution is -0.131. The fourth-order valence-electron chi connectivity index (χ4n) is 3.68. The zero-order chi connectivity index (χ0) is 23.2. The number of ether oxygens (including phenoxy) is 4. The van der Waals surface area contributed by atoms with E-state index < -0.39 is 12.1 Å². The highest BCUT2D eigenvalue weighted by atomic mass is 16.7. The van der Waals surface area contributed by atoms with E-state index in [1.54, 1.807) is 31.2 Å². The van der Waals surface area contributed by atoms with Gasteiger partial charge < -0.3 is 24.3 Å². The summed E-state index contributed by atoms with van der Waals surface area (Å²) < 4.78 is 22.7. The molecule has 1 N–H and O–H groups in total. The van der Waals surface area contributed by atoms with Crippen molar-refractivity contribution in [3.63, 3.8) is 0 Å². The molecule has 2 unspecified atom stereocenters. The molecule has 1 fully saturated rings. The summed E-state index contributed by atoms with van der Waals surface area (Å²) in [4.78, 5) is 24.2. The summed E-state index contributed by atoms with van der Waals surface area (Å²) >= 11 is 0. The third-order valence-electron chi connectivity index (χ3n) is 5.28. The van der Waals surface area contributed by atoms with E-state index in [0.717, 1.165) is 30.0 Å². The van der Waals surface area contributed by atoms with E-state index in [-0.39, 0.29) is 12.2 Å². The van der Waals surface area contributed by atoms with Crippen LogP contribution in [0.25, 0.3) is 10.8 Å². The Balaban J connectivity index is 1.43. The Bertz CT molecular complexity index is 1140. The Morgan fingerprint density at radius 3 is 2.48 bits per heavy atom. The standard InChI is InChI=1S/C26H27NO6/c1-17(31-23-13-14-24(32-18(2)28)22-11-4-3-10-21(22)23)26(29)27-19-8-7-9-20(16-19)33-25-12-5-6-15-30-25/h3-4,7-11,13-14,16-17,25H,5-6,12,15H2,1-2H3,(H,27,29). The highest BCUT2D eigenvalue weighted by molar-refractivity contribution is 5.96. The van der Waals surface area contributed by atoms with Crippen molar-refractivity contribution in [2.24, 2.45) is 0 Å². The van der Waals surface area contributed by atoms with Gasteiger partial charge in [-0.1, -0.05) is 30.3 Å². The van der Waals surface area contributed by atoms with E-state index in [4.69, 9.17) is 18.9 Å². The molecule has 0 radical (unpaired) electrons. The third-order valence-corrected chi connectivity index (χ3v) is 5.28. The molecule has 2 atom stereocenters. The number of anilines is 1. The van der Waals surface area contributed by atoms with Crippen LogP contribution >= 0.6 is 0 Å². The molecule has 7 nitrogen and oxygen atoms in total. The Hall–Kier alpha value is -3.58. The van der Waals surface area contributed by atoms with Crippen molar-refractivity contribution in [3.05, 3.63) is 60.7 Å². The van der Waals surface area contributed by atoms with Crippen LogP contribution in [0.1, 0.15) is 33.1 Å². The fourth-order valence-corrected chi connectivity index (χ4v) is 3.68. The first-order valence-electron chi connectivity index (χ1n) is 11.1. The molecule has 7 heteroatoms. The van der Waals surface area contributed by atoms with Crippen LogP contribution in [0.3, 0.4) is 0 Å². The van der Waals surface area contributed by atoms with Gasteiger partial charge in [0.1, 0.15) is 17.2 Å². The second-order valence-corrected chi connectivity index (χ2v) is 7.89. The first-order chi connectivity index (χ1) is 16.0. The normalized spacial score (nSPS) is 16.6. The van der Waals surface area contributed by atoms with E-state index in [2.05, 4.69) is 5.32 Å². The second-order valence-electron chi connectivity index (χ2n) is 7.89. The molecule has 0 bridgehead atoms. The SMILES string of the molecule is CC(=O)Oc1ccc(OC(C)C(=O)Nc2cccc(OC3CCCCO3)c2)c2ccccc12. The quantitative estimate of drug-likeness (QED) is 0.400. The van der Waals surface area contributed by atoms with Gasteiger partial charge in [0.25, 0.3) is 5.91 Å². The summed E-state index contributed by atoms with van der Waals surface area (Å²) in [5, 5.41) is 4.35. The van der Waals surface area contributed by atoms with Gasteiger partial charge in [0, 0.05) is 35.9 Å². The van der Waals surface area contributed by atoms with Crippen LogP contribution in [0.4, 0.5) is 5.69 Å². The summed E-state index contributed by atoms with van der Waals surface area (Å²) in [6, 6.07) is 18.0. The van der Waals surface area contributed by atoms with Gasteiger partial charge in [-0.2, -0.15) is 0 Å². The number of amides is 1. The number of carbonyl (C=O) groups is 2. The first kappa shape index (κ1) is 22.6. The van der Waals surface area contributed by atoms with Crippen LogP contribution in [0.5, 0.6) is 17.2 Å². The zero-order valence-electron chi connectivity index (χ0n) is 18.7. The Kier molecular flexibility index (Phi) is 7.10. The second kappa shape index (κ2) is 10.4. The predicted molar refractivity (Wildman–Crippen MR) is 125 cm³/mol. The molecule has 1 aliphatic heterocycles. The molecule has 0 spiro atoms. The Labute approximate surface area is 192 Å². The van der Waals surface area contributed by atoms with Crippen molar-refractivity contribution in [1.82, 2.24) is 0 Å². The van der Waals surface area contributed by atoms with Crippen molar-refractivity contribution in [1.29, 1.82) is 0 Å². The molecule has 3 aromatic rings. The molecule has 1 amide bonds. The summed E-state index contributed by atoms with van der Waals surface area (Å²) in [5.74, 6) is 0.911. The van der Waals surface area contributed by atoms with Crippen molar-refractivity contribution in [2.75, 3.05) is 11.9 Å². The minimum Gasteiger partial charge on any atom is -0.480 e. The summed E-state index contributed by atoms with van der Waals surface area (Å²) in [7, 11) is 0. The number of esters is 1. The molecule has 0 aliphatic carbocycles. The van der Waals surface area contributed by atoms with E-state index in [1.165, 1.54) is 6.92 Å². The Morgan fingerprint density at radius 1 is 1.00 bits per heavy atom. The lowest BCUT2D eigenvalue weighted by Gasteiger charge is -2.23. The number of nitrogens with one attached hydrogen (secondary N) is 1. The lowest BCUT2D eigenvalue weighted by Crippen LogP contribution is -2.30. The maximum Gasteiger partial charge on any atom is 0.308 e. The van der Waals surface area contributed by atoms with E-state index >= 15 is 0 Å². The van der Waals surface area contributed by atoms with Crippen molar-refractivity contribution in [2.45, 2.75) is 45.5 Å². The summed E-state index contributed by atoms with van der Waals surface area (Å²) in [6.45, 7) is 3.74. The molecule has 0 aromatic heterocycles. The first-order valence-corrected chi connectivity index (χ1v) is 11.1. The molecule has 1 saturated heterocycles. The van der Waals surface area contributed by atoms with Crippen LogP contribution in [0, 0.1) is 0 Å². The maximum absolute atomic E-state index is 12.8. The highest BCUT2D eigenvalue weighted by Crippen LogP contribution is 2.34. The number of hydrogen-bond acceptors (Lipinski definition) is 6. The van der Waals surface area contributed by atoms with E-state index in [0.29, 0.717) is 29.5 Å². The van der Waals surface area contributed by atoms with Crippen molar-refractivity contribution < 1.29 is 28.5 Å². The van der Waals surface area contributed by atoms with Crippen LogP contribution < -0.4 is 19.5 Å². The lowest BCUT2D eigenvalue weighted by atomic mass is 10.1. The maximum atomic E-state index is 12.8. The minimum absolute atomic E-state index is 0.254. The topological polar surface area (TPSA) is 83.1 Å². The van der Waals surface area contributed by atoms with Gasteiger partial charge in [-0.25, -0.2) is 0 Å². The average molecular weight is 450 g/mol. The predicted octanol–water partition coefficient (Wildman–Crippen LogP) is 5.08. The van der Waals surface area contributed by atoms with Crippen LogP contribution in [-0.2, 0) is 14.3 Å². The van der Waals surface area contributed by atoms with Gasteiger partial charge in [0.05, 0.1) is 6.61 Å². The number of benzene rings is 3. The van der Waals surface area contributed by atoms with Gasteiger partial charge >= 0.3 is 5.97 Å². The minimum atomic E-state index is -0.765. The molecule has 0 saturated carbocycles. The molecule has 3 aromatic carbocycles. The molecule has 4 rings (SSSR count). The molecule has 1 heterocycles. The van der Waals surface area contributed by atoms with Gasteiger partial charge in [-0.15, -0.1) is 0 Å². The molecular formula is C26H27NO6. The number of carbonyl (C=O) groups excluding carboxylic acids is 2. The van der Waals surface area contributed by atoms with Crippen molar-refractivity contribution in [3.8, 4) is 17.2 Å².